The molecule has 114 valence electrons. The summed E-state index contributed by atoms with van der Waals surface area (Å²) in [5.41, 5.74) is 2.84. The molecule has 1 aromatic rings. The van der Waals surface area contributed by atoms with E-state index in [9.17, 15) is 0 Å². The Kier molecular flexibility index (Phi) is 7.08. The number of benzene rings is 1. The minimum absolute atomic E-state index is 0.127. The van der Waals surface area contributed by atoms with Crippen LogP contribution in [0.15, 0.2) is 18.2 Å². The van der Waals surface area contributed by atoms with Gasteiger partial charge in [-0.15, -0.1) is 0 Å². The minimum Gasteiger partial charge on any atom is -0.493 e. The molecule has 0 heterocycles. The molecule has 2 heteroatoms. The zero-order valence-corrected chi connectivity index (χ0v) is 15.2. The molecule has 1 unspecified atom stereocenters. The SMILES string of the molecule is CCc1ccc(OCCC(C)CCBr)c(C(C)(C)C)c1. The largest absolute Gasteiger partial charge is 0.493 e. The Balaban J connectivity index is 2.74. The van der Waals surface area contributed by atoms with Crippen molar-refractivity contribution in [3.63, 3.8) is 0 Å². The van der Waals surface area contributed by atoms with Gasteiger partial charge in [0, 0.05) is 5.33 Å². The van der Waals surface area contributed by atoms with Crippen LogP contribution in [0, 0.1) is 5.92 Å². The summed E-state index contributed by atoms with van der Waals surface area (Å²) in [5, 5.41) is 1.08. The molecule has 1 rings (SSSR count). The average Bonchev–Trinajstić information content (AvgIpc) is 2.38. The molecule has 0 radical (unpaired) electrons. The number of aryl methyl sites for hydroxylation is 1. The van der Waals surface area contributed by atoms with Crippen LogP contribution >= 0.6 is 15.9 Å². The highest BCUT2D eigenvalue weighted by atomic mass is 79.9. The summed E-state index contributed by atoms with van der Waals surface area (Å²) in [6, 6.07) is 6.64. The second-order valence-electron chi connectivity index (χ2n) is 6.65. The quantitative estimate of drug-likeness (QED) is 0.575. The van der Waals surface area contributed by atoms with Crippen LogP contribution in [0.5, 0.6) is 5.75 Å². The average molecular weight is 341 g/mol. The van der Waals surface area contributed by atoms with Gasteiger partial charge in [0.25, 0.3) is 0 Å². The molecule has 1 nitrogen and oxygen atoms in total. The fourth-order valence-corrected chi connectivity index (χ4v) is 2.99. The van der Waals surface area contributed by atoms with Gasteiger partial charge in [0.15, 0.2) is 0 Å². The zero-order valence-electron chi connectivity index (χ0n) is 13.6. The molecule has 0 amide bonds. The van der Waals surface area contributed by atoms with Crippen LogP contribution in [-0.2, 0) is 11.8 Å². The van der Waals surface area contributed by atoms with Crippen molar-refractivity contribution in [3.05, 3.63) is 29.3 Å². The molecule has 0 bridgehead atoms. The molecule has 20 heavy (non-hydrogen) atoms. The Morgan fingerprint density at radius 1 is 1.20 bits per heavy atom. The molecule has 0 aliphatic rings. The normalized spacial score (nSPS) is 13.3. The fraction of sp³-hybridized carbons (Fsp3) is 0.667. The van der Waals surface area contributed by atoms with E-state index in [1.165, 1.54) is 17.5 Å². The van der Waals surface area contributed by atoms with Gasteiger partial charge in [-0.25, -0.2) is 0 Å². The van der Waals surface area contributed by atoms with E-state index in [-0.39, 0.29) is 5.41 Å². The molecule has 1 aromatic carbocycles. The Morgan fingerprint density at radius 2 is 1.90 bits per heavy atom. The van der Waals surface area contributed by atoms with Gasteiger partial charge in [0.2, 0.25) is 0 Å². The highest BCUT2D eigenvalue weighted by Crippen LogP contribution is 2.32. The lowest BCUT2D eigenvalue weighted by atomic mass is 9.85. The maximum Gasteiger partial charge on any atom is 0.123 e. The smallest absolute Gasteiger partial charge is 0.123 e. The maximum atomic E-state index is 6.06. The third kappa shape index (κ3) is 5.47. The second-order valence-corrected chi connectivity index (χ2v) is 7.45. The molecule has 0 N–H and O–H groups in total. The number of halogens is 1. The van der Waals surface area contributed by atoms with Gasteiger partial charge in [0.1, 0.15) is 5.75 Å². The molecule has 0 aliphatic carbocycles. The lowest BCUT2D eigenvalue weighted by Crippen LogP contribution is -2.15. The fourth-order valence-electron chi connectivity index (χ4n) is 2.21. The predicted octanol–water partition coefficient (Wildman–Crippen LogP) is 5.74. The summed E-state index contributed by atoms with van der Waals surface area (Å²) in [6.07, 6.45) is 3.40. The van der Waals surface area contributed by atoms with Gasteiger partial charge < -0.3 is 4.74 Å². The van der Waals surface area contributed by atoms with E-state index in [1.807, 2.05) is 0 Å². The summed E-state index contributed by atoms with van der Waals surface area (Å²) in [7, 11) is 0. The molecule has 0 spiro atoms. The number of hydrogen-bond acceptors (Lipinski definition) is 1. The molecule has 0 fully saturated rings. The van der Waals surface area contributed by atoms with Gasteiger partial charge >= 0.3 is 0 Å². The number of alkyl halides is 1. The molecular formula is C18H29BrO. The highest BCUT2D eigenvalue weighted by Gasteiger charge is 2.19. The van der Waals surface area contributed by atoms with E-state index in [0.29, 0.717) is 5.92 Å². The van der Waals surface area contributed by atoms with Gasteiger partial charge in [-0.3, -0.25) is 0 Å². The predicted molar refractivity (Wildman–Crippen MR) is 92.2 cm³/mol. The number of hydrogen-bond donors (Lipinski definition) is 0. The summed E-state index contributed by atoms with van der Waals surface area (Å²) >= 11 is 3.50. The molecule has 0 aliphatic heterocycles. The Morgan fingerprint density at radius 3 is 2.45 bits per heavy atom. The highest BCUT2D eigenvalue weighted by molar-refractivity contribution is 9.09. The van der Waals surface area contributed by atoms with Crippen LogP contribution in [0.25, 0.3) is 0 Å². The molecular weight excluding hydrogens is 312 g/mol. The Hall–Kier alpha value is -0.500. The first-order valence-corrected chi connectivity index (χ1v) is 8.82. The van der Waals surface area contributed by atoms with Gasteiger partial charge in [-0.1, -0.05) is 62.7 Å². The van der Waals surface area contributed by atoms with E-state index in [2.05, 4.69) is 68.7 Å². The zero-order chi connectivity index (χ0) is 15.2. The maximum absolute atomic E-state index is 6.06. The summed E-state index contributed by atoms with van der Waals surface area (Å²) in [5.74, 6) is 1.77. The minimum atomic E-state index is 0.127. The van der Waals surface area contributed by atoms with E-state index < -0.39 is 0 Å². The standard InChI is InChI=1S/C18H29BrO/c1-6-15-7-8-17(16(13-15)18(3,4)5)20-12-10-14(2)9-11-19/h7-8,13-14H,6,9-12H2,1-5H3. The number of ether oxygens (including phenoxy) is 1. The van der Waals surface area contributed by atoms with Crippen molar-refractivity contribution in [2.24, 2.45) is 5.92 Å². The van der Waals surface area contributed by atoms with Gasteiger partial charge in [0.05, 0.1) is 6.61 Å². The van der Waals surface area contributed by atoms with Crippen molar-refractivity contribution in [2.45, 2.75) is 59.3 Å². The van der Waals surface area contributed by atoms with Crippen molar-refractivity contribution < 1.29 is 4.74 Å². The first-order chi connectivity index (χ1) is 9.38. The van der Waals surface area contributed by atoms with E-state index in [0.717, 1.165) is 30.5 Å². The van der Waals surface area contributed by atoms with Gasteiger partial charge in [-0.05, 0) is 47.8 Å². The van der Waals surface area contributed by atoms with Crippen LogP contribution in [0.1, 0.15) is 58.6 Å². The first-order valence-electron chi connectivity index (χ1n) is 7.70. The van der Waals surface area contributed by atoms with E-state index in [4.69, 9.17) is 4.74 Å². The topological polar surface area (TPSA) is 9.23 Å². The number of rotatable bonds is 7. The van der Waals surface area contributed by atoms with Crippen LogP contribution in [0.3, 0.4) is 0 Å². The Bertz CT molecular complexity index is 406. The molecule has 0 saturated carbocycles. The first kappa shape index (κ1) is 17.6. The molecule has 0 saturated heterocycles. The van der Waals surface area contributed by atoms with Crippen molar-refractivity contribution in [1.82, 2.24) is 0 Å². The van der Waals surface area contributed by atoms with Gasteiger partial charge in [-0.2, -0.15) is 0 Å². The Labute approximate surface area is 133 Å². The van der Waals surface area contributed by atoms with Crippen molar-refractivity contribution in [2.75, 3.05) is 11.9 Å². The van der Waals surface area contributed by atoms with Crippen molar-refractivity contribution >= 4 is 15.9 Å². The van der Waals surface area contributed by atoms with Crippen LogP contribution in [0.2, 0.25) is 0 Å². The summed E-state index contributed by atoms with van der Waals surface area (Å²) in [6.45, 7) is 12.1. The summed E-state index contributed by atoms with van der Waals surface area (Å²) in [4.78, 5) is 0. The summed E-state index contributed by atoms with van der Waals surface area (Å²) < 4.78 is 6.06. The lowest BCUT2D eigenvalue weighted by molar-refractivity contribution is 0.276. The third-order valence-corrected chi connectivity index (χ3v) is 4.19. The second kappa shape index (κ2) is 8.07. The van der Waals surface area contributed by atoms with E-state index >= 15 is 0 Å². The van der Waals surface area contributed by atoms with Crippen LogP contribution in [0.4, 0.5) is 0 Å². The molecule has 1 atom stereocenters. The monoisotopic (exact) mass is 340 g/mol. The molecule has 0 aromatic heterocycles. The third-order valence-electron chi connectivity index (χ3n) is 3.73. The lowest BCUT2D eigenvalue weighted by Gasteiger charge is -2.24. The van der Waals surface area contributed by atoms with Crippen LogP contribution < -0.4 is 4.74 Å². The van der Waals surface area contributed by atoms with E-state index in [1.54, 1.807) is 0 Å². The van der Waals surface area contributed by atoms with Crippen molar-refractivity contribution in [1.29, 1.82) is 0 Å². The van der Waals surface area contributed by atoms with Crippen LogP contribution in [-0.4, -0.2) is 11.9 Å². The van der Waals surface area contributed by atoms with Crippen molar-refractivity contribution in [3.8, 4) is 5.75 Å².